The highest BCUT2D eigenvalue weighted by Gasteiger charge is 2.29. The molecule has 0 unspecified atom stereocenters. The highest BCUT2D eigenvalue weighted by Crippen LogP contribution is 2.23. The van der Waals surface area contributed by atoms with Gasteiger partial charge in [0, 0.05) is 19.3 Å². The number of hydrogen-bond acceptors (Lipinski definition) is 3. The molecule has 4 heteroatoms. The third kappa shape index (κ3) is 3.95. The Morgan fingerprint density at radius 1 is 1.32 bits per heavy atom. The molecule has 4 nitrogen and oxygen atoms in total. The Bertz CT molecular complexity index is 509. The highest BCUT2D eigenvalue weighted by molar-refractivity contribution is 5.79. The topological polar surface area (TPSA) is 42.4 Å². The number of rotatable bonds is 5. The molecule has 2 atom stereocenters. The van der Waals surface area contributed by atoms with Crippen LogP contribution in [0.3, 0.4) is 0 Å². The number of nitrogens with zero attached hydrogens (tertiary/aromatic N) is 2. The molecule has 0 saturated carbocycles. The van der Waals surface area contributed by atoms with Gasteiger partial charge in [0.2, 0.25) is 5.91 Å². The van der Waals surface area contributed by atoms with Crippen LogP contribution in [-0.2, 0) is 16.1 Å². The van der Waals surface area contributed by atoms with Crippen LogP contribution in [0.25, 0.3) is 0 Å². The molecule has 22 heavy (non-hydrogen) atoms. The Hall–Kier alpha value is -1.68. The van der Waals surface area contributed by atoms with Crippen LogP contribution in [0.15, 0.2) is 36.5 Å². The van der Waals surface area contributed by atoms with Crippen molar-refractivity contribution >= 4 is 5.91 Å². The van der Waals surface area contributed by atoms with E-state index in [2.05, 4.69) is 17.1 Å². The number of carbonyl (C=O) groups is 1. The minimum Gasteiger partial charge on any atom is -0.381 e. The van der Waals surface area contributed by atoms with E-state index < -0.39 is 0 Å². The Morgan fingerprint density at radius 3 is 2.95 bits per heavy atom. The molecular formula is C18H24N2O2. The third-order valence-corrected chi connectivity index (χ3v) is 4.53. The fraction of sp³-hybridized carbons (Fsp3) is 0.556. The molecule has 2 heterocycles. The summed E-state index contributed by atoms with van der Waals surface area (Å²) in [7, 11) is 0. The fourth-order valence-corrected chi connectivity index (χ4v) is 3.24. The summed E-state index contributed by atoms with van der Waals surface area (Å²) in [6.07, 6.45) is 10.5. The lowest BCUT2D eigenvalue weighted by molar-refractivity contribution is -0.137. The van der Waals surface area contributed by atoms with Gasteiger partial charge in [-0.05, 0) is 43.7 Å². The number of allylic oxidation sites excluding steroid dienone is 2. The number of aromatic nitrogens is 1. The summed E-state index contributed by atoms with van der Waals surface area (Å²) in [6, 6.07) is 5.88. The largest absolute Gasteiger partial charge is 0.381 e. The lowest BCUT2D eigenvalue weighted by atomic mass is 9.93. The number of ether oxygens (including phenoxy) is 1. The third-order valence-electron chi connectivity index (χ3n) is 4.53. The van der Waals surface area contributed by atoms with E-state index in [0.717, 1.165) is 31.5 Å². The molecule has 1 fully saturated rings. The summed E-state index contributed by atoms with van der Waals surface area (Å²) in [4.78, 5) is 19.2. The molecule has 0 aromatic carbocycles. The standard InChI is InChI=1S/C18H24N2O2/c21-18(16-9-11-22-14-16)20(12-15-6-2-1-3-7-15)13-17-8-4-5-10-19-17/h1-2,4-5,8,10,15-16H,3,6-7,9,11-14H2/t15-,16+/m0/s1. The van der Waals surface area contributed by atoms with Crippen molar-refractivity contribution in [2.45, 2.75) is 32.2 Å². The van der Waals surface area contributed by atoms with Crippen molar-refractivity contribution in [3.63, 3.8) is 0 Å². The van der Waals surface area contributed by atoms with Crippen molar-refractivity contribution in [3.05, 3.63) is 42.2 Å². The minimum atomic E-state index is 0.0304. The fourth-order valence-electron chi connectivity index (χ4n) is 3.24. The zero-order valence-electron chi connectivity index (χ0n) is 13.0. The number of carbonyl (C=O) groups excluding carboxylic acids is 1. The minimum absolute atomic E-state index is 0.0304. The van der Waals surface area contributed by atoms with Gasteiger partial charge in [-0.2, -0.15) is 0 Å². The Labute approximate surface area is 132 Å². The molecule has 1 aromatic heterocycles. The molecule has 0 spiro atoms. The molecule has 0 radical (unpaired) electrons. The van der Waals surface area contributed by atoms with Gasteiger partial charge in [0.05, 0.1) is 24.8 Å². The summed E-state index contributed by atoms with van der Waals surface area (Å²) < 4.78 is 5.39. The molecule has 1 aliphatic heterocycles. The van der Waals surface area contributed by atoms with Crippen molar-refractivity contribution in [1.82, 2.24) is 9.88 Å². The lowest BCUT2D eigenvalue weighted by Crippen LogP contribution is -2.39. The Morgan fingerprint density at radius 2 is 2.27 bits per heavy atom. The number of hydrogen-bond donors (Lipinski definition) is 0. The lowest BCUT2D eigenvalue weighted by Gasteiger charge is -2.30. The average molecular weight is 300 g/mol. The van der Waals surface area contributed by atoms with Crippen LogP contribution in [0.1, 0.15) is 31.4 Å². The predicted octanol–water partition coefficient (Wildman–Crippen LogP) is 2.80. The van der Waals surface area contributed by atoms with Crippen LogP contribution >= 0.6 is 0 Å². The van der Waals surface area contributed by atoms with Crippen LogP contribution in [0.4, 0.5) is 0 Å². The van der Waals surface area contributed by atoms with Crippen LogP contribution in [0.5, 0.6) is 0 Å². The summed E-state index contributed by atoms with van der Waals surface area (Å²) in [5.41, 5.74) is 0.959. The van der Waals surface area contributed by atoms with Gasteiger partial charge >= 0.3 is 0 Å². The first-order valence-electron chi connectivity index (χ1n) is 8.24. The molecule has 0 bridgehead atoms. The van der Waals surface area contributed by atoms with Crippen molar-refractivity contribution in [1.29, 1.82) is 0 Å². The molecule has 1 saturated heterocycles. The van der Waals surface area contributed by atoms with E-state index in [1.165, 1.54) is 6.42 Å². The van der Waals surface area contributed by atoms with Gasteiger partial charge in [-0.25, -0.2) is 0 Å². The van der Waals surface area contributed by atoms with Gasteiger partial charge in [0.15, 0.2) is 0 Å². The average Bonchev–Trinajstić information content (AvgIpc) is 3.10. The predicted molar refractivity (Wildman–Crippen MR) is 85.1 cm³/mol. The molecule has 0 N–H and O–H groups in total. The zero-order chi connectivity index (χ0) is 15.2. The second-order valence-electron chi connectivity index (χ2n) is 6.25. The van der Waals surface area contributed by atoms with Crippen LogP contribution in [0.2, 0.25) is 0 Å². The van der Waals surface area contributed by atoms with E-state index in [4.69, 9.17) is 4.74 Å². The van der Waals surface area contributed by atoms with Gasteiger partial charge in [-0.3, -0.25) is 9.78 Å². The summed E-state index contributed by atoms with van der Waals surface area (Å²) in [5.74, 6) is 0.834. The maximum absolute atomic E-state index is 12.8. The van der Waals surface area contributed by atoms with E-state index in [1.54, 1.807) is 6.20 Å². The van der Waals surface area contributed by atoms with Crippen LogP contribution < -0.4 is 0 Å². The van der Waals surface area contributed by atoms with Gasteiger partial charge in [-0.1, -0.05) is 18.2 Å². The van der Waals surface area contributed by atoms with Crippen molar-refractivity contribution in [2.75, 3.05) is 19.8 Å². The van der Waals surface area contributed by atoms with E-state index in [9.17, 15) is 4.79 Å². The van der Waals surface area contributed by atoms with Crippen molar-refractivity contribution in [2.24, 2.45) is 11.8 Å². The molecular weight excluding hydrogens is 276 g/mol. The first-order chi connectivity index (χ1) is 10.8. The second-order valence-corrected chi connectivity index (χ2v) is 6.25. The molecule has 118 valence electrons. The molecule has 1 aromatic rings. The van der Waals surface area contributed by atoms with E-state index in [1.807, 2.05) is 23.1 Å². The SMILES string of the molecule is O=C([C@@H]1CCOC1)N(Cc1ccccn1)C[C@H]1CC=CCC1. The van der Waals surface area contributed by atoms with Gasteiger partial charge in [-0.15, -0.1) is 0 Å². The van der Waals surface area contributed by atoms with Crippen molar-refractivity contribution < 1.29 is 9.53 Å². The van der Waals surface area contributed by atoms with Gasteiger partial charge < -0.3 is 9.64 Å². The van der Waals surface area contributed by atoms with Crippen molar-refractivity contribution in [3.8, 4) is 0 Å². The van der Waals surface area contributed by atoms with Crippen LogP contribution in [-0.4, -0.2) is 35.5 Å². The highest BCUT2D eigenvalue weighted by atomic mass is 16.5. The quantitative estimate of drug-likeness (QED) is 0.785. The number of pyridine rings is 1. The monoisotopic (exact) mass is 300 g/mol. The van der Waals surface area contributed by atoms with E-state index in [-0.39, 0.29) is 11.8 Å². The first kappa shape index (κ1) is 15.2. The smallest absolute Gasteiger partial charge is 0.228 e. The summed E-state index contributed by atoms with van der Waals surface area (Å²) in [6.45, 7) is 2.72. The normalized spacial score (nSPS) is 24.4. The van der Waals surface area contributed by atoms with Crippen LogP contribution in [0, 0.1) is 11.8 Å². The summed E-state index contributed by atoms with van der Waals surface area (Å²) in [5, 5.41) is 0. The van der Waals surface area contributed by atoms with Gasteiger partial charge in [0.25, 0.3) is 0 Å². The second kappa shape index (κ2) is 7.54. The zero-order valence-corrected chi connectivity index (χ0v) is 13.0. The van der Waals surface area contributed by atoms with E-state index >= 15 is 0 Å². The van der Waals surface area contributed by atoms with E-state index in [0.29, 0.717) is 25.7 Å². The summed E-state index contributed by atoms with van der Waals surface area (Å²) >= 11 is 0. The Balaban J connectivity index is 1.69. The number of amides is 1. The maximum Gasteiger partial charge on any atom is 0.228 e. The van der Waals surface area contributed by atoms with Gasteiger partial charge in [0.1, 0.15) is 0 Å². The molecule has 3 rings (SSSR count). The Kier molecular flexibility index (Phi) is 5.22. The molecule has 1 amide bonds. The molecule has 1 aliphatic carbocycles. The molecule has 2 aliphatic rings. The maximum atomic E-state index is 12.8. The first-order valence-corrected chi connectivity index (χ1v) is 8.24.